The minimum absolute atomic E-state index is 0.493. The number of hydrogen-bond acceptors (Lipinski definition) is 3. The van der Waals surface area contributed by atoms with Gasteiger partial charge in [0.05, 0.1) is 5.41 Å². The van der Waals surface area contributed by atoms with E-state index < -0.39 is 5.41 Å². The summed E-state index contributed by atoms with van der Waals surface area (Å²) in [4.78, 5) is 15.7. The van der Waals surface area contributed by atoms with Gasteiger partial charge in [0, 0.05) is 16.7 Å². The summed E-state index contributed by atoms with van der Waals surface area (Å²) in [5, 5.41) is 0. The third kappa shape index (κ3) is 7.24. The molecule has 1 aliphatic carbocycles. The molecule has 12 rings (SSSR count). The lowest BCUT2D eigenvalue weighted by molar-refractivity contribution is 0.769. The van der Waals surface area contributed by atoms with Crippen LogP contribution in [0.3, 0.4) is 0 Å². The molecule has 0 radical (unpaired) electrons. The van der Waals surface area contributed by atoms with Crippen molar-refractivity contribution in [3.05, 3.63) is 283 Å². The molecule has 3 nitrogen and oxygen atoms in total. The molecule has 0 spiro atoms. The summed E-state index contributed by atoms with van der Waals surface area (Å²) in [7, 11) is 0. The molecule has 11 aromatic rings. The zero-order valence-electron chi connectivity index (χ0n) is 36.7. The third-order valence-electron chi connectivity index (χ3n) is 13.2. The van der Waals surface area contributed by atoms with E-state index in [1.165, 1.54) is 44.5 Å². The van der Waals surface area contributed by atoms with Gasteiger partial charge in [-0.15, -0.1) is 0 Å². The zero-order valence-corrected chi connectivity index (χ0v) is 36.7. The van der Waals surface area contributed by atoms with Crippen LogP contribution in [0.4, 0.5) is 0 Å². The number of nitrogens with zero attached hydrogens (tertiary/aromatic N) is 3. The van der Waals surface area contributed by atoms with E-state index in [1.54, 1.807) is 0 Å². The molecular weight excluding hydrogens is 811 g/mol. The Morgan fingerprint density at radius 1 is 0.209 bits per heavy atom. The largest absolute Gasteiger partial charge is 0.208 e. The van der Waals surface area contributed by atoms with Crippen LogP contribution in [0.15, 0.2) is 261 Å². The van der Waals surface area contributed by atoms with E-state index in [2.05, 4.69) is 255 Å². The highest BCUT2D eigenvalue weighted by Crippen LogP contribution is 2.56. The highest BCUT2D eigenvalue weighted by atomic mass is 15.0. The number of rotatable bonds is 9. The number of aromatic nitrogens is 3. The van der Waals surface area contributed by atoms with Crippen LogP contribution in [0, 0.1) is 0 Å². The molecule has 0 unspecified atom stereocenters. The number of benzene rings is 10. The molecule has 0 fully saturated rings. The number of fused-ring (bicyclic) bond motifs is 3. The van der Waals surface area contributed by atoms with Crippen molar-refractivity contribution < 1.29 is 0 Å². The molecule has 1 aromatic heterocycles. The normalized spacial score (nSPS) is 12.3. The Morgan fingerprint density at radius 2 is 0.537 bits per heavy atom. The van der Waals surface area contributed by atoms with E-state index in [0.717, 1.165) is 50.1 Å². The van der Waals surface area contributed by atoms with Gasteiger partial charge in [0.2, 0.25) is 0 Å². The molecule has 314 valence electrons. The van der Waals surface area contributed by atoms with Crippen LogP contribution >= 0.6 is 0 Å². The topological polar surface area (TPSA) is 38.7 Å². The van der Waals surface area contributed by atoms with Crippen LogP contribution in [-0.2, 0) is 5.41 Å². The monoisotopic (exact) mass is 853 g/mol. The van der Waals surface area contributed by atoms with Crippen molar-refractivity contribution in [3.63, 3.8) is 0 Å². The highest BCUT2D eigenvalue weighted by Gasteiger charge is 2.46. The molecule has 3 heteroatoms. The van der Waals surface area contributed by atoms with Gasteiger partial charge in [-0.2, -0.15) is 0 Å². The Balaban J connectivity index is 0.982. The van der Waals surface area contributed by atoms with Gasteiger partial charge in [-0.25, -0.2) is 15.0 Å². The van der Waals surface area contributed by atoms with Gasteiger partial charge in [-0.05, 0) is 102 Å². The lowest BCUT2D eigenvalue weighted by Gasteiger charge is -2.34. The molecule has 1 aliphatic rings. The molecule has 0 bridgehead atoms. The maximum absolute atomic E-state index is 5.26. The second-order valence-electron chi connectivity index (χ2n) is 17.1. The maximum Gasteiger partial charge on any atom is 0.164 e. The Labute approximate surface area is 391 Å². The fourth-order valence-electron chi connectivity index (χ4n) is 10.0. The van der Waals surface area contributed by atoms with Gasteiger partial charge in [-0.1, -0.05) is 237 Å². The summed E-state index contributed by atoms with van der Waals surface area (Å²) in [5.74, 6) is 1.85. The van der Waals surface area contributed by atoms with Crippen LogP contribution in [0.25, 0.3) is 89.8 Å². The lowest BCUT2D eigenvalue weighted by Crippen LogP contribution is -2.28. The van der Waals surface area contributed by atoms with Crippen LogP contribution < -0.4 is 0 Å². The molecule has 1 heterocycles. The van der Waals surface area contributed by atoms with Crippen LogP contribution in [0.1, 0.15) is 22.3 Å². The predicted octanol–water partition coefficient (Wildman–Crippen LogP) is 15.9. The fraction of sp³-hybridized carbons (Fsp3) is 0.0156. The van der Waals surface area contributed by atoms with Crippen molar-refractivity contribution in [1.82, 2.24) is 15.0 Å². The van der Waals surface area contributed by atoms with Gasteiger partial charge in [0.1, 0.15) is 0 Å². The molecule has 10 aromatic carbocycles. The van der Waals surface area contributed by atoms with Crippen molar-refractivity contribution in [3.8, 4) is 89.8 Å². The first-order chi connectivity index (χ1) is 33.2. The first kappa shape index (κ1) is 39.8. The van der Waals surface area contributed by atoms with Crippen molar-refractivity contribution in [2.45, 2.75) is 5.41 Å². The van der Waals surface area contributed by atoms with E-state index in [4.69, 9.17) is 15.0 Å². The first-order valence-electron chi connectivity index (χ1n) is 22.8. The molecule has 0 amide bonds. The molecule has 67 heavy (non-hydrogen) atoms. The smallest absolute Gasteiger partial charge is 0.164 e. The summed E-state index contributed by atoms with van der Waals surface area (Å²) < 4.78 is 0. The molecule has 0 aliphatic heterocycles. The van der Waals surface area contributed by atoms with Crippen LogP contribution in [0.2, 0.25) is 0 Å². The Morgan fingerprint density at radius 3 is 1.07 bits per heavy atom. The molecular formula is C64H43N3. The molecule has 0 atom stereocenters. The van der Waals surface area contributed by atoms with E-state index in [9.17, 15) is 0 Å². The zero-order chi connectivity index (χ0) is 44.6. The van der Waals surface area contributed by atoms with Crippen LogP contribution in [-0.4, -0.2) is 15.0 Å². The molecule has 0 N–H and O–H groups in total. The second-order valence-corrected chi connectivity index (χ2v) is 17.1. The fourth-order valence-corrected chi connectivity index (χ4v) is 10.0. The standard InChI is InChI=1S/C64H43N3/c1-5-18-44(19-6-1)46-34-36-47(37-35-46)61-65-62(53-26-16-24-50(41-53)49-23-15-22-48(40-49)45-20-7-2-8-21-45)67-63(66-61)54-27-17-25-51(42-54)52-38-39-58-57-32-13-14-33-59(57)64(60(58)43-52,55-28-9-3-10-29-55)56-30-11-4-12-31-56/h1-43H. The Hall–Kier alpha value is -8.79. The van der Waals surface area contributed by atoms with E-state index >= 15 is 0 Å². The summed E-state index contributed by atoms with van der Waals surface area (Å²) in [6.07, 6.45) is 0. The highest BCUT2D eigenvalue weighted by molar-refractivity contribution is 5.89. The summed E-state index contributed by atoms with van der Waals surface area (Å²) in [6, 6.07) is 93.1. The van der Waals surface area contributed by atoms with Crippen LogP contribution in [0.5, 0.6) is 0 Å². The predicted molar refractivity (Wildman–Crippen MR) is 275 cm³/mol. The lowest BCUT2D eigenvalue weighted by atomic mass is 9.67. The van der Waals surface area contributed by atoms with Crippen molar-refractivity contribution in [2.24, 2.45) is 0 Å². The van der Waals surface area contributed by atoms with Gasteiger partial charge < -0.3 is 0 Å². The van der Waals surface area contributed by atoms with Crippen molar-refractivity contribution in [1.29, 1.82) is 0 Å². The van der Waals surface area contributed by atoms with E-state index in [0.29, 0.717) is 17.5 Å². The van der Waals surface area contributed by atoms with Gasteiger partial charge >= 0.3 is 0 Å². The molecule has 0 saturated carbocycles. The minimum Gasteiger partial charge on any atom is -0.208 e. The summed E-state index contributed by atoms with van der Waals surface area (Å²) >= 11 is 0. The third-order valence-corrected chi connectivity index (χ3v) is 13.2. The Kier molecular flexibility index (Phi) is 10.1. The second kappa shape index (κ2) is 17.0. The average molecular weight is 854 g/mol. The quantitative estimate of drug-likeness (QED) is 0.145. The average Bonchev–Trinajstić information content (AvgIpc) is 3.72. The molecule has 0 saturated heterocycles. The summed E-state index contributed by atoms with van der Waals surface area (Å²) in [5.41, 5.74) is 18.9. The Bertz CT molecular complexity index is 3510. The van der Waals surface area contributed by atoms with Gasteiger partial charge in [0.15, 0.2) is 17.5 Å². The van der Waals surface area contributed by atoms with E-state index in [1.807, 2.05) is 6.07 Å². The van der Waals surface area contributed by atoms with E-state index in [-0.39, 0.29) is 0 Å². The van der Waals surface area contributed by atoms with Crippen molar-refractivity contribution in [2.75, 3.05) is 0 Å². The maximum atomic E-state index is 5.26. The van der Waals surface area contributed by atoms with Gasteiger partial charge in [-0.3, -0.25) is 0 Å². The first-order valence-corrected chi connectivity index (χ1v) is 22.8. The van der Waals surface area contributed by atoms with Gasteiger partial charge in [0.25, 0.3) is 0 Å². The SMILES string of the molecule is c1ccc(-c2ccc(-c3nc(-c4cccc(-c5cccc(-c6ccccc6)c5)c4)nc(-c4cccc(-c5ccc6c(c5)C(c5ccccc5)(c5ccccc5)c5ccccc5-6)c4)n3)cc2)cc1. The number of hydrogen-bond donors (Lipinski definition) is 0. The summed E-state index contributed by atoms with van der Waals surface area (Å²) in [6.45, 7) is 0. The van der Waals surface area contributed by atoms with Crippen molar-refractivity contribution >= 4 is 0 Å². The minimum atomic E-state index is -0.493.